The second-order valence-electron chi connectivity index (χ2n) is 8.84. The predicted octanol–water partition coefficient (Wildman–Crippen LogP) is 8.59. The van der Waals surface area contributed by atoms with Crippen molar-refractivity contribution in [3.63, 3.8) is 0 Å². The van der Waals surface area contributed by atoms with Crippen molar-refractivity contribution in [1.29, 1.82) is 0 Å². The molecule has 0 amide bonds. The largest absolute Gasteiger partial charge is 0.469 e. The van der Waals surface area contributed by atoms with Crippen LogP contribution >= 0.6 is 0 Å². The number of aryl methyl sites for hydroxylation is 1. The number of benzene rings is 5. The van der Waals surface area contributed by atoms with Crippen LogP contribution in [0.25, 0.3) is 33.4 Å². The van der Waals surface area contributed by atoms with Gasteiger partial charge in [0.05, 0.1) is 7.11 Å². The van der Waals surface area contributed by atoms with Gasteiger partial charge in [0, 0.05) is 6.42 Å². The first-order valence-corrected chi connectivity index (χ1v) is 12.4. The Hall–Kier alpha value is -4.63. The summed E-state index contributed by atoms with van der Waals surface area (Å²) in [4.78, 5) is 11.6. The maximum atomic E-state index is 11.6. The van der Waals surface area contributed by atoms with Gasteiger partial charge < -0.3 is 9.47 Å². The standard InChI is InChI=1S/C34H28O3/c1-36-34(35)21-18-28-14-8-9-15-33(28)37-32-19-16-27(17-20-32)31-23-29(25-10-4-2-5-11-25)22-30(24-31)26-12-6-3-7-13-26/h2-17,19-20,22-24H,18,21H2,1H3. The number of methoxy groups -OCH3 is 1. The number of hydrogen-bond donors (Lipinski definition) is 0. The molecule has 0 atom stereocenters. The van der Waals surface area contributed by atoms with Gasteiger partial charge in [0.15, 0.2) is 0 Å². The molecule has 0 saturated carbocycles. The van der Waals surface area contributed by atoms with Crippen LogP contribution in [-0.2, 0) is 16.0 Å². The number of para-hydroxylation sites is 1. The second-order valence-corrected chi connectivity index (χ2v) is 8.84. The molecule has 0 spiro atoms. The van der Waals surface area contributed by atoms with Crippen LogP contribution in [-0.4, -0.2) is 13.1 Å². The van der Waals surface area contributed by atoms with E-state index in [0.717, 1.165) is 28.2 Å². The van der Waals surface area contributed by atoms with Crippen molar-refractivity contribution in [3.05, 3.63) is 133 Å². The molecule has 0 aliphatic carbocycles. The van der Waals surface area contributed by atoms with E-state index in [1.54, 1.807) is 0 Å². The number of carbonyl (C=O) groups is 1. The van der Waals surface area contributed by atoms with Gasteiger partial charge in [-0.15, -0.1) is 0 Å². The van der Waals surface area contributed by atoms with E-state index in [1.807, 2.05) is 48.5 Å². The van der Waals surface area contributed by atoms with E-state index in [-0.39, 0.29) is 5.97 Å². The fourth-order valence-electron chi connectivity index (χ4n) is 4.38. The molecule has 0 N–H and O–H groups in total. The lowest BCUT2D eigenvalue weighted by Gasteiger charge is -2.13. The van der Waals surface area contributed by atoms with Crippen LogP contribution in [0.4, 0.5) is 0 Å². The van der Waals surface area contributed by atoms with E-state index in [4.69, 9.17) is 9.47 Å². The van der Waals surface area contributed by atoms with Crippen LogP contribution in [0.5, 0.6) is 11.5 Å². The first-order chi connectivity index (χ1) is 18.2. The van der Waals surface area contributed by atoms with E-state index < -0.39 is 0 Å². The van der Waals surface area contributed by atoms with Gasteiger partial charge >= 0.3 is 5.97 Å². The molecule has 0 aliphatic heterocycles. The predicted molar refractivity (Wildman–Crippen MR) is 150 cm³/mol. The van der Waals surface area contributed by atoms with E-state index in [1.165, 1.54) is 29.4 Å². The Morgan fingerprint density at radius 1 is 0.568 bits per heavy atom. The van der Waals surface area contributed by atoms with Gasteiger partial charge in [-0.05, 0) is 81.8 Å². The summed E-state index contributed by atoms with van der Waals surface area (Å²) in [6, 6.07) is 43.6. The lowest BCUT2D eigenvalue weighted by Crippen LogP contribution is -2.02. The zero-order valence-corrected chi connectivity index (χ0v) is 20.8. The van der Waals surface area contributed by atoms with Crippen molar-refractivity contribution in [2.75, 3.05) is 7.11 Å². The minimum absolute atomic E-state index is 0.230. The van der Waals surface area contributed by atoms with Crippen LogP contribution in [0.15, 0.2) is 127 Å². The van der Waals surface area contributed by atoms with E-state index in [2.05, 4.69) is 78.9 Å². The van der Waals surface area contributed by atoms with Gasteiger partial charge in [0.2, 0.25) is 0 Å². The number of ether oxygens (including phenoxy) is 2. The van der Waals surface area contributed by atoms with Crippen molar-refractivity contribution >= 4 is 5.97 Å². The molecule has 0 fully saturated rings. The fourth-order valence-corrected chi connectivity index (χ4v) is 4.38. The van der Waals surface area contributed by atoms with Gasteiger partial charge in [-0.1, -0.05) is 91.0 Å². The summed E-state index contributed by atoms with van der Waals surface area (Å²) >= 11 is 0. The summed E-state index contributed by atoms with van der Waals surface area (Å²) in [5, 5.41) is 0. The van der Waals surface area contributed by atoms with Gasteiger partial charge in [-0.3, -0.25) is 4.79 Å². The molecule has 0 radical (unpaired) electrons. The highest BCUT2D eigenvalue weighted by Gasteiger charge is 2.10. The van der Waals surface area contributed by atoms with Crippen LogP contribution < -0.4 is 4.74 Å². The second kappa shape index (κ2) is 11.4. The highest BCUT2D eigenvalue weighted by molar-refractivity contribution is 5.81. The minimum atomic E-state index is -0.230. The molecule has 0 unspecified atom stereocenters. The molecular weight excluding hydrogens is 456 g/mol. The van der Waals surface area contributed by atoms with Gasteiger partial charge in [0.1, 0.15) is 11.5 Å². The minimum Gasteiger partial charge on any atom is -0.469 e. The van der Waals surface area contributed by atoms with Gasteiger partial charge in [-0.25, -0.2) is 0 Å². The van der Waals surface area contributed by atoms with Crippen molar-refractivity contribution in [3.8, 4) is 44.9 Å². The number of esters is 1. The molecule has 0 aromatic heterocycles. The van der Waals surface area contributed by atoms with E-state index in [9.17, 15) is 4.79 Å². The highest BCUT2D eigenvalue weighted by atomic mass is 16.5. The Kier molecular flexibility index (Phi) is 7.42. The third-order valence-electron chi connectivity index (χ3n) is 6.36. The van der Waals surface area contributed by atoms with Crippen LogP contribution in [0, 0.1) is 0 Å². The topological polar surface area (TPSA) is 35.5 Å². The first-order valence-electron chi connectivity index (χ1n) is 12.4. The Morgan fingerprint density at radius 2 is 1.05 bits per heavy atom. The van der Waals surface area contributed by atoms with Crippen LogP contribution in [0.1, 0.15) is 12.0 Å². The molecule has 5 rings (SSSR count). The summed E-state index contributed by atoms with van der Waals surface area (Å²) in [7, 11) is 1.41. The van der Waals surface area contributed by atoms with Crippen LogP contribution in [0.2, 0.25) is 0 Å². The number of carbonyl (C=O) groups excluding carboxylic acids is 1. The van der Waals surface area contributed by atoms with Crippen molar-refractivity contribution in [2.24, 2.45) is 0 Å². The molecule has 0 heterocycles. The lowest BCUT2D eigenvalue weighted by atomic mass is 9.93. The van der Waals surface area contributed by atoms with E-state index >= 15 is 0 Å². The van der Waals surface area contributed by atoms with Crippen molar-refractivity contribution in [2.45, 2.75) is 12.8 Å². The normalized spacial score (nSPS) is 10.6. The smallest absolute Gasteiger partial charge is 0.305 e. The Balaban J connectivity index is 1.44. The molecule has 5 aromatic rings. The summed E-state index contributed by atoms with van der Waals surface area (Å²) in [5.74, 6) is 1.26. The maximum Gasteiger partial charge on any atom is 0.305 e. The monoisotopic (exact) mass is 484 g/mol. The maximum absolute atomic E-state index is 11.6. The molecule has 3 heteroatoms. The molecule has 5 aromatic carbocycles. The third-order valence-corrected chi connectivity index (χ3v) is 6.36. The summed E-state index contributed by atoms with van der Waals surface area (Å²) < 4.78 is 11.0. The quantitative estimate of drug-likeness (QED) is 0.207. The molecule has 0 bridgehead atoms. The molecule has 3 nitrogen and oxygen atoms in total. The van der Waals surface area contributed by atoms with Crippen molar-refractivity contribution < 1.29 is 14.3 Å². The van der Waals surface area contributed by atoms with Crippen LogP contribution in [0.3, 0.4) is 0 Å². The Bertz CT molecular complexity index is 1420. The summed E-state index contributed by atoms with van der Waals surface area (Å²) in [5.41, 5.74) is 7.95. The molecular formula is C34H28O3. The fraction of sp³-hybridized carbons (Fsp3) is 0.0882. The number of hydrogen-bond acceptors (Lipinski definition) is 3. The third kappa shape index (κ3) is 5.96. The molecule has 0 saturated heterocycles. The van der Waals surface area contributed by atoms with Gasteiger partial charge in [0.25, 0.3) is 0 Å². The Morgan fingerprint density at radius 3 is 1.59 bits per heavy atom. The lowest BCUT2D eigenvalue weighted by molar-refractivity contribution is -0.140. The molecule has 0 aliphatic rings. The average Bonchev–Trinajstić information content (AvgIpc) is 2.97. The number of rotatable bonds is 8. The summed E-state index contributed by atoms with van der Waals surface area (Å²) in [6.07, 6.45) is 0.882. The first kappa shape index (κ1) is 24.1. The zero-order chi connectivity index (χ0) is 25.5. The zero-order valence-electron chi connectivity index (χ0n) is 20.8. The van der Waals surface area contributed by atoms with Crippen molar-refractivity contribution in [1.82, 2.24) is 0 Å². The van der Waals surface area contributed by atoms with Gasteiger partial charge in [-0.2, -0.15) is 0 Å². The highest BCUT2D eigenvalue weighted by Crippen LogP contribution is 2.34. The SMILES string of the molecule is COC(=O)CCc1ccccc1Oc1ccc(-c2cc(-c3ccccc3)cc(-c3ccccc3)c2)cc1. The average molecular weight is 485 g/mol. The van der Waals surface area contributed by atoms with E-state index in [0.29, 0.717) is 12.8 Å². The Labute approximate surface area is 218 Å². The molecule has 37 heavy (non-hydrogen) atoms. The molecule has 182 valence electrons. The summed E-state index contributed by atoms with van der Waals surface area (Å²) in [6.45, 7) is 0.